The first-order valence-electron chi connectivity index (χ1n) is 6.75. The van der Waals surface area contributed by atoms with Gasteiger partial charge < -0.3 is 15.4 Å². The van der Waals surface area contributed by atoms with Gasteiger partial charge in [-0.25, -0.2) is 4.98 Å². The molecule has 5 heteroatoms. The van der Waals surface area contributed by atoms with Crippen molar-refractivity contribution in [3.05, 3.63) is 18.3 Å². The van der Waals surface area contributed by atoms with Crippen LogP contribution in [-0.4, -0.2) is 30.1 Å². The second kappa shape index (κ2) is 8.34. The third kappa shape index (κ3) is 6.08. The second-order valence-electron chi connectivity index (χ2n) is 4.54. The molecular weight excluding hydrogens is 242 g/mol. The minimum Gasteiger partial charge on any atom is -0.487 e. The van der Waals surface area contributed by atoms with Gasteiger partial charge in [0.15, 0.2) is 11.6 Å². The Morgan fingerprint density at radius 1 is 1.42 bits per heavy atom. The minimum atomic E-state index is 0.0524. The molecule has 1 aromatic heterocycles. The van der Waals surface area contributed by atoms with E-state index in [4.69, 9.17) is 4.74 Å². The van der Waals surface area contributed by atoms with Crippen molar-refractivity contribution < 1.29 is 9.53 Å². The third-order valence-corrected chi connectivity index (χ3v) is 2.35. The van der Waals surface area contributed by atoms with Crippen molar-refractivity contribution in [1.82, 2.24) is 10.3 Å². The van der Waals surface area contributed by atoms with E-state index in [-0.39, 0.29) is 12.0 Å². The van der Waals surface area contributed by atoms with E-state index in [0.717, 1.165) is 13.0 Å². The first-order valence-corrected chi connectivity index (χ1v) is 6.75. The maximum absolute atomic E-state index is 11.5. The number of anilines is 1. The fraction of sp³-hybridized carbons (Fsp3) is 0.571. The molecule has 1 rings (SSSR count). The number of carbonyl (C=O) groups excluding carboxylic acids is 1. The highest BCUT2D eigenvalue weighted by Crippen LogP contribution is 2.21. The average Bonchev–Trinajstić information content (AvgIpc) is 2.38. The van der Waals surface area contributed by atoms with E-state index < -0.39 is 0 Å². The molecule has 0 radical (unpaired) electrons. The molecule has 1 amide bonds. The van der Waals surface area contributed by atoms with Crippen molar-refractivity contribution in [2.75, 3.05) is 18.4 Å². The number of hydrogen-bond acceptors (Lipinski definition) is 4. The molecule has 0 fully saturated rings. The summed E-state index contributed by atoms with van der Waals surface area (Å²) < 4.78 is 5.64. The third-order valence-electron chi connectivity index (χ3n) is 2.35. The molecule has 0 bridgehead atoms. The molecule has 19 heavy (non-hydrogen) atoms. The highest BCUT2D eigenvalue weighted by molar-refractivity contribution is 5.76. The van der Waals surface area contributed by atoms with E-state index in [9.17, 15) is 4.79 Å². The Bertz CT molecular complexity index is 394. The molecule has 0 spiro atoms. The molecule has 0 saturated carbocycles. The van der Waals surface area contributed by atoms with Gasteiger partial charge in [-0.05, 0) is 32.4 Å². The maximum atomic E-state index is 11.5. The molecule has 0 aliphatic heterocycles. The summed E-state index contributed by atoms with van der Waals surface area (Å²) in [7, 11) is 0. The second-order valence-corrected chi connectivity index (χ2v) is 4.54. The van der Waals surface area contributed by atoms with Gasteiger partial charge in [0.2, 0.25) is 5.91 Å². The summed E-state index contributed by atoms with van der Waals surface area (Å²) in [5.41, 5.74) is 0. The predicted molar refractivity (Wildman–Crippen MR) is 76.4 cm³/mol. The van der Waals surface area contributed by atoms with Crippen LogP contribution < -0.4 is 15.4 Å². The molecule has 0 atom stereocenters. The lowest BCUT2D eigenvalue weighted by atomic mass is 10.3. The summed E-state index contributed by atoms with van der Waals surface area (Å²) in [6.45, 7) is 7.23. The van der Waals surface area contributed by atoms with Crippen LogP contribution >= 0.6 is 0 Å². The Labute approximate surface area is 114 Å². The lowest BCUT2D eigenvalue weighted by Gasteiger charge is -2.14. The van der Waals surface area contributed by atoms with Crippen molar-refractivity contribution in [2.45, 2.75) is 39.7 Å². The number of amides is 1. The molecule has 2 N–H and O–H groups in total. The normalized spacial score (nSPS) is 10.3. The van der Waals surface area contributed by atoms with Gasteiger partial charge in [0.1, 0.15) is 0 Å². The van der Waals surface area contributed by atoms with Gasteiger partial charge in [-0.2, -0.15) is 0 Å². The number of aromatic nitrogens is 1. The summed E-state index contributed by atoms with van der Waals surface area (Å²) >= 11 is 0. The lowest BCUT2D eigenvalue weighted by Crippen LogP contribution is -2.26. The topological polar surface area (TPSA) is 63.2 Å². The van der Waals surface area contributed by atoms with Crippen LogP contribution in [0, 0.1) is 0 Å². The highest BCUT2D eigenvalue weighted by atomic mass is 16.5. The first kappa shape index (κ1) is 15.3. The largest absolute Gasteiger partial charge is 0.487 e. The van der Waals surface area contributed by atoms with Gasteiger partial charge >= 0.3 is 0 Å². The van der Waals surface area contributed by atoms with Crippen molar-refractivity contribution in [3.8, 4) is 5.75 Å². The van der Waals surface area contributed by atoms with Gasteiger partial charge in [0, 0.05) is 25.7 Å². The van der Waals surface area contributed by atoms with E-state index in [1.165, 1.54) is 0 Å². The molecule has 0 unspecified atom stereocenters. The van der Waals surface area contributed by atoms with E-state index in [2.05, 4.69) is 15.6 Å². The smallest absolute Gasteiger partial charge is 0.221 e. The van der Waals surface area contributed by atoms with Crippen LogP contribution in [0.25, 0.3) is 0 Å². The molecular formula is C14H23N3O2. The summed E-state index contributed by atoms with van der Waals surface area (Å²) in [6, 6.07) is 3.70. The number of ether oxygens (including phenoxy) is 1. The van der Waals surface area contributed by atoms with E-state index in [1.54, 1.807) is 6.20 Å². The van der Waals surface area contributed by atoms with Crippen molar-refractivity contribution >= 4 is 11.7 Å². The zero-order chi connectivity index (χ0) is 14.1. The van der Waals surface area contributed by atoms with Crippen LogP contribution in [0.4, 0.5) is 5.82 Å². The maximum Gasteiger partial charge on any atom is 0.221 e. The number of nitrogens with zero attached hydrogens (tertiary/aromatic N) is 1. The summed E-state index contributed by atoms with van der Waals surface area (Å²) in [4.78, 5) is 15.7. The number of carbonyl (C=O) groups is 1. The van der Waals surface area contributed by atoms with Crippen LogP contribution in [-0.2, 0) is 4.79 Å². The Hall–Kier alpha value is -1.78. The van der Waals surface area contributed by atoms with Gasteiger partial charge in [-0.15, -0.1) is 0 Å². The fourth-order valence-corrected chi connectivity index (χ4v) is 1.52. The molecule has 0 saturated heterocycles. The highest BCUT2D eigenvalue weighted by Gasteiger charge is 2.06. The van der Waals surface area contributed by atoms with Crippen molar-refractivity contribution in [3.63, 3.8) is 0 Å². The van der Waals surface area contributed by atoms with Crippen LogP contribution in [0.1, 0.15) is 33.6 Å². The van der Waals surface area contributed by atoms with Gasteiger partial charge in [0.05, 0.1) is 6.10 Å². The van der Waals surface area contributed by atoms with Crippen LogP contribution in [0.3, 0.4) is 0 Å². The molecule has 0 aliphatic carbocycles. The van der Waals surface area contributed by atoms with Gasteiger partial charge in [-0.3, -0.25) is 4.79 Å². The summed E-state index contributed by atoms with van der Waals surface area (Å²) in [5.74, 6) is 1.45. The van der Waals surface area contributed by atoms with E-state index in [1.807, 2.05) is 32.9 Å². The minimum absolute atomic E-state index is 0.0524. The average molecular weight is 265 g/mol. The van der Waals surface area contributed by atoms with E-state index in [0.29, 0.717) is 24.5 Å². The summed E-state index contributed by atoms with van der Waals surface area (Å²) in [6.07, 6.45) is 3.17. The zero-order valence-electron chi connectivity index (χ0n) is 11.9. The van der Waals surface area contributed by atoms with Gasteiger partial charge in [-0.1, -0.05) is 6.92 Å². The van der Waals surface area contributed by atoms with Crippen LogP contribution in [0.2, 0.25) is 0 Å². The molecule has 106 valence electrons. The van der Waals surface area contributed by atoms with Gasteiger partial charge in [0.25, 0.3) is 0 Å². The number of rotatable bonds is 8. The zero-order valence-corrected chi connectivity index (χ0v) is 11.9. The number of nitrogens with one attached hydrogen (secondary N) is 2. The first-order chi connectivity index (χ1) is 9.13. The van der Waals surface area contributed by atoms with Crippen molar-refractivity contribution in [1.29, 1.82) is 0 Å². The molecule has 1 aromatic rings. The van der Waals surface area contributed by atoms with E-state index >= 15 is 0 Å². The fourth-order valence-electron chi connectivity index (χ4n) is 1.52. The summed E-state index contributed by atoms with van der Waals surface area (Å²) in [5, 5.41) is 5.96. The standard InChI is InChI=1S/C14H23N3O2/c1-4-8-15-13(18)7-10-17-14-12(19-11(2)3)6-5-9-16-14/h5-6,9,11H,4,7-8,10H2,1-3H3,(H,15,18)(H,16,17). The Balaban J connectivity index is 2.42. The SMILES string of the molecule is CCCNC(=O)CCNc1ncccc1OC(C)C. The molecule has 5 nitrogen and oxygen atoms in total. The Morgan fingerprint density at radius 3 is 2.89 bits per heavy atom. The quantitative estimate of drug-likeness (QED) is 0.756. The van der Waals surface area contributed by atoms with Crippen LogP contribution in [0.5, 0.6) is 5.75 Å². The monoisotopic (exact) mass is 265 g/mol. The Kier molecular flexibility index (Phi) is 6.71. The molecule has 0 aliphatic rings. The number of hydrogen-bond donors (Lipinski definition) is 2. The van der Waals surface area contributed by atoms with Crippen LogP contribution in [0.15, 0.2) is 18.3 Å². The predicted octanol–water partition coefficient (Wildman–Crippen LogP) is 2.20. The Morgan fingerprint density at radius 2 is 2.21 bits per heavy atom. The molecule has 0 aromatic carbocycles. The number of pyridine rings is 1. The van der Waals surface area contributed by atoms with Crippen molar-refractivity contribution in [2.24, 2.45) is 0 Å². The molecule has 1 heterocycles. The lowest BCUT2D eigenvalue weighted by molar-refractivity contribution is -0.120.